The molecule has 0 radical (unpaired) electrons. The van der Waals surface area contributed by atoms with Crippen molar-refractivity contribution in [2.24, 2.45) is 11.8 Å². The summed E-state index contributed by atoms with van der Waals surface area (Å²) in [5.41, 5.74) is 0. The van der Waals surface area contributed by atoms with Crippen molar-refractivity contribution < 1.29 is 19.5 Å². The molecule has 6 nitrogen and oxygen atoms in total. The van der Waals surface area contributed by atoms with Gasteiger partial charge >= 0.3 is 12.0 Å². The van der Waals surface area contributed by atoms with Crippen LogP contribution in [0.5, 0.6) is 0 Å². The summed E-state index contributed by atoms with van der Waals surface area (Å²) in [4.78, 5) is 36.5. The Kier molecular flexibility index (Phi) is 4.09. The third-order valence-electron chi connectivity index (χ3n) is 2.74. The second kappa shape index (κ2) is 5.16. The molecule has 1 atom stereocenters. The van der Waals surface area contributed by atoms with E-state index < -0.39 is 17.9 Å². The zero-order valence-electron chi connectivity index (χ0n) is 10.3. The van der Waals surface area contributed by atoms with Crippen molar-refractivity contribution in [2.75, 3.05) is 20.1 Å². The second-order valence-electron chi connectivity index (χ2n) is 4.81. The number of urea groups is 1. The monoisotopic (exact) mass is 242 g/mol. The molecule has 17 heavy (non-hydrogen) atoms. The highest BCUT2D eigenvalue weighted by Gasteiger charge is 2.36. The molecule has 1 aliphatic rings. The molecule has 0 aromatic rings. The van der Waals surface area contributed by atoms with Crippen LogP contribution in [-0.2, 0) is 9.59 Å². The number of likely N-dealkylation sites (N-methyl/N-ethyl adjacent to an activating group) is 1. The highest BCUT2D eigenvalue weighted by atomic mass is 16.4. The van der Waals surface area contributed by atoms with Crippen molar-refractivity contribution in [2.45, 2.75) is 20.3 Å². The Morgan fingerprint density at radius 3 is 2.35 bits per heavy atom. The van der Waals surface area contributed by atoms with Crippen LogP contribution in [0.4, 0.5) is 4.79 Å². The SMILES string of the molecule is CC(C)C[C@@H](CN1C(=O)CN(C)C1=O)C(=O)O. The molecule has 3 amide bonds. The molecule has 0 aromatic heterocycles. The van der Waals surface area contributed by atoms with Gasteiger partial charge in [0.1, 0.15) is 6.54 Å². The molecule has 1 aliphatic heterocycles. The van der Waals surface area contributed by atoms with E-state index in [-0.39, 0.29) is 24.9 Å². The first-order valence-corrected chi connectivity index (χ1v) is 5.61. The van der Waals surface area contributed by atoms with E-state index in [9.17, 15) is 14.4 Å². The molecule has 1 N–H and O–H groups in total. The van der Waals surface area contributed by atoms with E-state index in [0.717, 1.165) is 4.90 Å². The number of amides is 3. The topological polar surface area (TPSA) is 77.9 Å². The largest absolute Gasteiger partial charge is 0.481 e. The summed E-state index contributed by atoms with van der Waals surface area (Å²) in [6.07, 6.45) is 0.454. The molecule has 1 rings (SSSR count). The summed E-state index contributed by atoms with van der Waals surface area (Å²) in [7, 11) is 1.53. The van der Waals surface area contributed by atoms with Crippen molar-refractivity contribution in [3.05, 3.63) is 0 Å². The van der Waals surface area contributed by atoms with E-state index in [4.69, 9.17) is 5.11 Å². The average Bonchev–Trinajstić information content (AvgIpc) is 2.43. The predicted molar refractivity (Wildman–Crippen MR) is 60.3 cm³/mol. The maximum absolute atomic E-state index is 11.6. The fourth-order valence-electron chi connectivity index (χ4n) is 1.89. The minimum Gasteiger partial charge on any atom is -0.481 e. The molecular formula is C11H18N2O4. The Morgan fingerprint density at radius 1 is 1.41 bits per heavy atom. The Labute approximate surface area is 100 Å². The summed E-state index contributed by atoms with van der Waals surface area (Å²) in [6.45, 7) is 3.83. The minimum absolute atomic E-state index is 0.0322. The van der Waals surface area contributed by atoms with E-state index >= 15 is 0 Å². The number of carbonyl (C=O) groups excluding carboxylic acids is 2. The van der Waals surface area contributed by atoms with Crippen molar-refractivity contribution in [1.29, 1.82) is 0 Å². The molecule has 1 saturated heterocycles. The standard InChI is InChI=1S/C11H18N2O4/c1-7(2)4-8(10(15)16)5-13-9(14)6-12(3)11(13)17/h7-8H,4-6H2,1-3H3,(H,15,16)/t8-/m0/s1. The first-order valence-electron chi connectivity index (χ1n) is 5.61. The molecule has 6 heteroatoms. The molecule has 0 unspecified atom stereocenters. The molecular weight excluding hydrogens is 224 g/mol. The molecule has 1 fully saturated rings. The van der Waals surface area contributed by atoms with Gasteiger partial charge in [0.25, 0.3) is 0 Å². The average molecular weight is 242 g/mol. The Bertz CT molecular complexity index is 340. The fraction of sp³-hybridized carbons (Fsp3) is 0.727. The van der Waals surface area contributed by atoms with E-state index in [0.29, 0.717) is 6.42 Å². The number of imide groups is 1. The van der Waals surface area contributed by atoms with Crippen LogP contribution in [0, 0.1) is 11.8 Å². The molecule has 1 heterocycles. The van der Waals surface area contributed by atoms with E-state index in [1.807, 2.05) is 13.8 Å². The summed E-state index contributed by atoms with van der Waals surface area (Å²) >= 11 is 0. The van der Waals surface area contributed by atoms with Crippen LogP contribution in [0.25, 0.3) is 0 Å². The number of hydrogen-bond donors (Lipinski definition) is 1. The van der Waals surface area contributed by atoms with Crippen molar-refractivity contribution in [3.63, 3.8) is 0 Å². The highest BCUT2D eigenvalue weighted by molar-refractivity contribution is 6.02. The maximum atomic E-state index is 11.6. The van der Waals surface area contributed by atoms with Gasteiger partial charge < -0.3 is 10.0 Å². The van der Waals surface area contributed by atoms with Gasteiger partial charge in [-0.2, -0.15) is 0 Å². The van der Waals surface area contributed by atoms with Crippen LogP contribution in [0.1, 0.15) is 20.3 Å². The van der Waals surface area contributed by atoms with Gasteiger partial charge in [-0.1, -0.05) is 13.8 Å². The lowest BCUT2D eigenvalue weighted by Crippen LogP contribution is -2.38. The number of nitrogens with zero attached hydrogens (tertiary/aromatic N) is 2. The van der Waals surface area contributed by atoms with Gasteiger partial charge in [0.2, 0.25) is 5.91 Å². The predicted octanol–water partition coefficient (Wildman–Crippen LogP) is 0.627. The second-order valence-corrected chi connectivity index (χ2v) is 4.81. The first-order chi connectivity index (χ1) is 7.82. The lowest BCUT2D eigenvalue weighted by atomic mass is 9.97. The van der Waals surface area contributed by atoms with Crippen LogP contribution >= 0.6 is 0 Å². The summed E-state index contributed by atoms with van der Waals surface area (Å²) in [6, 6.07) is -0.412. The molecule has 0 aliphatic carbocycles. The van der Waals surface area contributed by atoms with Gasteiger partial charge in [-0.15, -0.1) is 0 Å². The number of rotatable bonds is 5. The Balaban J connectivity index is 2.70. The Hall–Kier alpha value is -1.59. The van der Waals surface area contributed by atoms with Gasteiger partial charge in [0, 0.05) is 13.6 Å². The van der Waals surface area contributed by atoms with Gasteiger partial charge in [-0.25, -0.2) is 4.79 Å². The van der Waals surface area contributed by atoms with Crippen LogP contribution in [0.2, 0.25) is 0 Å². The summed E-state index contributed by atoms with van der Waals surface area (Å²) in [5, 5.41) is 9.06. The highest BCUT2D eigenvalue weighted by Crippen LogP contribution is 2.17. The van der Waals surface area contributed by atoms with Crippen molar-refractivity contribution in [3.8, 4) is 0 Å². The van der Waals surface area contributed by atoms with Crippen LogP contribution in [-0.4, -0.2) is 53.0 Å². The summed E-state index contributed by atoms with van der Waals surface area (Å²) in [5.74, 6) is -1.77. The molecule has 96 valence electrons. The van der Waals surface area contributed by atoms with E-state index in [1.54, 1.807) is 0 Å². The minimum atomic E-state index is -0.964. The lowest BCUT2D eigenvalue weighted by Gasteiger charge is -2.20. The molecule has 0 saturated carbocycles. The zero-order chi connectivity index (χ0) is 13.2. The van der Waals surface area contributed by atoms with Gasteiger partial charge in [-0.05, 0) is 12.3 Å². The lowest BCUT2D eigenvalue weighted by molar-refractivity contribution is -0.143. The Morgan fingerprint density at radius 2 is 2.00 bits per heavy atom. The first kappa shape index (κ1) is 13.5. The van der Waals surface area contributed by atoms with Gasteiger partial charge in [0.05, 0.1) is 5.92 Å². The third-order valence-corrected chi connectivity index (χ3v) is 2.74. The number of carboxylic acids is 1. The maximum Gasteiger partial charge on any atom is 0.326 e. The van der Waals surface area contributed by atoms with E-state index in [2.05, 4.69) is 0 Å². The molecule has 0 aromatic carbocycles. The van der Waals surface area contributed by atoms with E-state index in [1.165, 1.54) is 11.9 Å². The molecule has 0 bridgehead atoms. The number of hydrogen-bond acceptors (Lipinski definition) is 3. The molecule has 0 spiro atoms. The van der Waals surface area contributed by atoms with Crippen LogP contribution < -0.4 is 0 Å². The van der Waals surface area contributed by atoms with Crippen molar-refractivity contribution >= 4 is 17.9 Å². The fourth-order valence-corrected chi connectivity index (χ4v) is 1.89. The number of carbonyl (C=O) groups is 3. The third kappa shape index (κ3) is 3.18. The van der Waals surface area contributed by atoms with Crippen LogP contribution in [0.15, 0.2) is 0 Å². The quantitative estimate of drug-likeness (QED) is 0.717. The summed E-state index contributed by atoms with van der Waals surface area (Å²) < 4.78 is 0. The normalized spacial score (nSPS) is 18.1. The number of aliphatic carboxylic acids is 1. The van der Waals surface area contributed by atoms with Gasteiger partial charge in [-0.3, -0.25) is 14.5 Å². The van der Waals surface area contributed by atoms with Crippen LogP contribution in [0.3, 0.4) is 0 Å². The zero-order valence-corrected chi connectivity index (χ0v) is 10.3. The van der Waals surface area contributed by atoms with Gasteiger partial charge in [0.15, 0.2) is 0 Å². The smallest absolute Gasteiger partial charge is 0.326 e. The number of carboxylic acid groups (broad SMARTS) is 1. The van der Waals surface area contributed by atoms with Crippen molar-refractivity contribution in [1.82, 2.24) is 9.80 Å².